The molecule has 0 bridgehead atoms. The Labute approximate surface area is 282 Å². The normalized spacial score (nSPS) is 17.3. The Morgan fingerprint density at radius 2 is 1.80 bits per heavy atom. The smallest absolute Gasteiger partial charge is 0.329 e. The molecule has 0 saturated carbocycles. The third-order valence-electron chi connectivity index (χ3n) is 8.68. The summed E-state index contributed by atoms with van der Waals surface area (Å²) in [6.45, 7) is 1.51. The SMILES string of the molecule is CCn1c(=O)n(C2CCC(=O)NC2=O)c2ccc(-c3ccc(CC(=O)Nc4ccc5c(F)c(N6CC(=O)NS6(=O)=O)c(O)cc5c4)nc3)cc21. The van der Waals surface area contributed by atoms with Crippen molar-refractivity contribution in [3.63, 3.8) is 0 Å². The van der Waals surface area contributed by atoms with E-state index in [1.165, 1.54) is 22.8 Å². The van der Waals surface area contributed by atoms with Crippen molar-refractivity contribution < 1.29 is 37.1 Å². The van der Waals surface area contributed by atoms with Crippen LogP contribution in [0.4, 0.5) is 15.8 Å². The number of aromatic hydroxyl groups is 1. The minimum atomic E-state index is -4.36. The van der Waals surface area contributed by atoms with Crippen LogP contribution in [0, 0.1) is 5.82 Å². The van der Waals surface area contributed by atoms with Gasteiger partial charge in [0, 0.05) is 41.5 Å². The van der Waals surface area contributed by atoms with Crippen molar-refractivity contribution in [2.45, 2.75) is 38.8 Å². The second-order valence-corrected chi connectivity index (χ2v) is 13.5. The van der Waals surface area contributed by atoms with E-state index in [-0.39, 0.29) is 47.3 Å². The zero-order valence-electron chi connectivity index (χ0n) is 26.3. The van der Waals surface area contributed by atoms with Crippen molar-refractivity contribution in [1.29, 1.82) is 0 Å². The van der Waals surface area contributed by atoms with Crippen LogP contribution < -0.4 is 25.4 Å². The van der Waals surface area contributed by atoms with Gasteiger partial charge in [0.15, 0.2) is 5.82 Å². The van der Waals surface area contributed by atoms with E-state index in [2.05, 4.69) is 15.6 Å². The number of aryl methyl sites for hydroxylation is 1. The maximum atomic E-state index is 15.4. The average Bonchev–Trinajstić information content (AvgIpc) is 3.50. The number of nitrogens with zero attached hydrogens (tertiary/aromatic N) is 4. The second-order valence-electron chi connectivity index (χ2n) is 11.9. The van der Waals surface area contributed by atoms with E-state index < -0.39 is 57.8 Å². The van der Waals surface area contributed by atoms with E-state index in [4.69, 9.17) is 0 Å². The fraction of sp³-hybridized carbons (Fsp3) is 0.212. The number of imide groups is 1. The van der Waals surface area contributed by atoms with Crippen LogP contribution in [0.1, 0.15) is 31.5 Å². The maximum absolute atomic E-state index is 15.4. The number of rotatable bonds is 7. The maximum Gasteiger partial charge on any atom is 0.329 e. The van der Waals surface area contributed by atoms with E-state index in [1.807, 2.05) is 13.0 Å². The fourth-order valence-corrected chi connectivity index (χ4v) is 7.53. The molecule has 0 radical (unpaired) electrons. The summed E-state index contributed by atoms with van der Waals surface area (Å²) in [4.78, 5) is 66.5. The van der Waals surface area contributed by atoms with Gasteiger partial charge in [-0.1, -0.05) is 12.1 Å². The van der Waals surface area contributed by atoms with E-state index in [9.17, 15) is 37.5 Å². The molecule has 2 aromatic heterocycles. The van der Waals surface area contributed by atoms with E-state index in [0.717, 1.165) is 17.2 Å². The van der Waals surface area contributed by atoms with Gasteiger partial charge in [0.05, 0.1) is 17.5 Å². The topological polar surface area (TPSA) is 202 Å². The number of carbonyl (C=O) groups is 4. The quantitative estimate of drug-likeness (QED) is 0.184. The Morgan fingerprint density at radius 1 is 1.02 bits per heavy atom. The van der Waals surface area contributed by atoms with Gasteiger partial charge in [-0.05, 0) is 66.8 Å². The first-order valence-electron chi connectivity index (χ1n) is 15.5. The lowest BCUT2D eigenvalue weighted by atomic mass is 10.0. The van der Waals surface area contributed by atoms with Crippen LogP contribution in [-0.2, 0) is 42.4 Å². The molecule has 2 saturated heterocycles. The number of benzene rings is 3. The number of anilines is 2. The zero-order chi connectivity index (χ0) is 35.5. The molecule has 4 heterocycles. The van der Waals surface area contributed by atoms with Crippen LogP contribution in [0.5, 0.6) is 5.75 Å². The first-order valence-corrected chi connectivity index (χ1v) is 16.9. The Bertz CT molecular complexity index is 2460. The van der Waals surface area contributed by atoms with Crippen LogP contribution in [0.25, 0.3) is 32.9 Å². The van der Waals surface area contributed by atoms with Gasteiger partial charge >= 0.3 is 15.9 Å². The van der Waals surface area contributed by atoms with Crippen LogP contribution in [0.3, 0.4) is 0 Å². The molecule has 2 aliphatic heterocycles. The first-order chi connectivity index (χ1) is 23.8. The Hall–Kier alpha value is -6.10. The largest absolute Gasteiger partial charge is 0.506 e. The Morgan fingerprint density at radius 3 is 2.48 bits per heavy atom. The Kier molecular flexibility index (Phi) is 7.85. The van der Waals surface area contributed by atoms with Gasteiger partial charge in [0.25, 0.3) is 5.91 Å². The number of phenolic OH excluding ortho intramolecular Hbond substituents is 1. The summed E-state index contributed by atoms with van der Waals surface area (Å²) in [7, 11) is -4.36. The highest BCUT2D eigenvalue weighted by molar-refractivity contribution is 7.92. The number of nitrogens with one attached hydrogen (secondary N) is 3. The molecule has 256 valence electrons. The molecule has 50 heavy (non-hydrogen) atoms. The standard InChI is InChI=1S/C33H28FN7O8S/c1-2-39-25-12-17(4-8-23(25)41(33(39)47)24-9-10-27(43)37-32(24)46)18-3-5-20(35-15-18)14-28(44)36-21-6-7-22-19(11-21)13-26(42)31(30(22)34)40-16-29(45)38-50(40,48)49/h3-8,11-13,15,24,42H,2,9-10,14,16H2,1H3,(H,36,44)(H,38,45)(H,37,43,46). The molecule has 0 aliphatic carbocycles. The summed E-state index contributed by atoms with van der Waals surface area (Å²) in [6.07, 6.45) is 1.86. The number of pyridine rings is 1. The van der Waals surface area contributed by atoms with Crippen LogP contribution >= 0.6 is 0 Å². The fourth-order valence-electron chi connectivity index (χ4n) is 6.36. The summed E-state index contributed by atoms with van der Waals surface area (Å²) < 4.78 is 45.0. The van der Waals surface area contributed by atoms with Crippen molar-refractivity contribution in [1.82, 2.24) is 24.2 Å². The third kappa shape index (κ3) is 5.60. The number of halogens is 1. The zero-order valence-corrected chi connectivity index (χ0v) is 27.1. The number of hydrogen-bond donors (Lipinski definition) is 4. The number of carbonyl (C=O) groups excluding carboxylic acids is 4. The summed E-state index contributed by atoms with van der Waals surface area (Å²) in [5.74, 6) is -3.92. The number of fused-ring (bicyclic) bond motifs is 2. The molecule has 1 atom stereocenters. The number of phenols is 1. The van der Waals surface area contributed by atoms with Crippen molar-refractivity contribution >= 4 is 67.0 Å². The molecule has 4 N–H and O–H groups in total. The highest BCUT2D eigenvalue weighted by atomic mass is 32.2. The molecule has 5 aromatic rings. The predicted molar refractivity (Wildman–Crippen MR) is 179 cm³/mol. The number of piperidine rings is 1. The lowest BCUT2D eigenvalue weighted by Gasteiger charge is -2.21. The van der Waals surface area contributed by atoms with Gasteiger partial charge < -0.3 is 10.4 Å². The van der Waals surface area contributed by atoms with Crippen molar-refractivity contribution in [2.24, 2.45) is 0 Å². The molecule has 1 unspecified atom stereocenters. The van der Waals surface area contributed by atoms with E-state index >= 15 is 4.39 Å². The molecule has 4 amide bonds. The van der Waals surface area contributed by atoms with Gasteiger partial charge in [-0.3, -0.25) is 38.6 Å². The highest BCUT2D eigenvalue weighted by Crippen LogP contribution is 2.39. The van der Waals surface area contributed by atoms with Gasteiger partial charge in [-0.15, -0.1) is 0 Å². The molecule has 3 aromatic carbocycles. The summed E-state index contributed by atoms with van der Waals surface area (Å²) in [6, 6.07) is 13.4. The highest BCUT2D eigenvalue weighted by Gasteiger charge is 2.38. The molecular weight excluding hydrogens is 673 g/mol. The molecule has 15 nitrogen and oxygen atoms in total. The number of hydrogen-bond acceptors (Lipinski definition) is 9. The Balaban J connectivity index is 1.07. The average molecular weight is 702 g/mol. The molecule has 2 fully saturated rings. The lowest BCUT2D eigenvalue weighted by molar-refractivity contribution is -0.135. The van der Waals surface area contributed by atoms with Gasteiger partial charge in [-0.25, -0.2) is 18.2 Å². The minimum absolute atomic E-state index is 0.0377. The van der Waals surface area contributed by atoms with Crippen LogP contribution in [-0.4, -0.2) is 57.8 Å². The minimum Gasteiger partial charge on any atom is -0.506 e. The second kappa shape index (κ2) is 12.1. The number of aromatic nitrogens is 3. The number of amides is 4. The summed E-state index contributed by atoms with van der Waals surface area (Å²) in [5.41, 5.74) is 2.39. The van der Waals surface area contributed by atoms with Crippen molar-refractivity contribution in [2.75, 3.05) is 16.2 Å². The van der Waals surface area contributed by atoms with Crippen LogP contribution in [0.2, 0.25) is 0 Å². The lowest BCUT2D eigenvalue weighted by Crippen LogP contribution is -2.44. The third-order valence-corrected chi connectivity index (χ3v) is 10.1. The first kappa shape index (κ1) is 32.4. The molecule has 17 heteroatoms. The van der Waals surface area contributed by atoms with Crippen molar-refractivity contribution in [3.05, 3.63) is 82.8 Å². The van der Waals surface area contributed by atoms with E-state index in [1.54, 1.807) is 39.8 Å². The van der Waals surface area contributed by atoms with Crippen molar-refractivity contribution in [3.8, 4) is 16.9 Å². The molecule has 0 spiro atoms. The summed E-state index contributed by atoms with van der Waals surface area (Å²) >= 11 is 0. The monoisotopic (exact) mass is 701 g/mol. The van der Waals surface area contributed by atoms with Gasteiger partial charge in [-0.2, -0.15) is 8.42 Å². The van der Waals surface area contributed by atoms with Gasteiger partial charge in [0.1, 0.15) is 24.0 Å². The molecular formula is C33H28FN7O8S. The van der Waals surface area contributed by atoms with Crippen LogP contribution in [0.15, 0.2) is 65.6 Å². The van der Waals surface area contributed by atoms with Gasteiger partial charge in [0.2, 0.25) is 17.7 Å². The molecule has 2 aliphatic rings. The summed E-state index contributed by atoms with van der Waals surface area (Å²) in [5, 5.41) is 15.6. The molecule has 7 rings (SSSR count). The predicted octanol–water partition coefficient (Wildman–Crippen LogP) is 2.22. The number of imidazole rings is 1. The van der Waals surface area contributed by atoms with E-state index in [0.29, 0.717) is 27.6 Å².